The highest BCUT2D eigenvalue weighted by Gasteiger charge is 2.40. The quantitative estimate of drug-likeness (QED) is 0.732. The van der Waals surface area contributed by atoms with E-state index < -0.39 is 0 Å². The standard InChI is InChI=1S/C15H20N2O.2ClH/c1-16-8-11-9-17-6-3-7-18-14-5-2-4-12(15(14)17)13(11)10-16;;/h2,4-5,11,13H,3,6-10H2,1H3;2*1H/t11-,13-;;/m0../s1. The van der Waals surface area contributed by atoms with E-state index in [-0.39, 0.29) is 24.8 Å². The first-order chi connectivity index (χ1) is 8.83. The van der Waals surface area contributed by atoms with Gasteiger partial charge in [0.25, 0.3) is 0 Å². The highest BCUT2D eigenvalue weighted by molar-refractivity contribution is 5.85. The molecule has 3 nitrogen and oxygen atoms in total. The summed E-state index contributed by atoms with van der Waals surface area (Å²) >= 11 is 0. The van der Waals surface area contributed by atoms with Gasteiger partial charge in [0.05, 0.1) is 12.3 Å². The largest absolute Gasteiger partial charge is 0.491 e. The Labute approximate surface area is 133 Å². The molecule has 112 valence electrons. The van der Waals surface area contributed by atoms with Crippen molar-refractivity contribution in [1.29, 1.82) is 0 Å². The van der Waals surface area contributed by atoms with Crippen molar-refractivity contribution in [1.82, 2.24) is 4.90 Å². The lowest BCUT2D eigenvalue weighted by Gasteiger charge is -2.37. The zero-order valence-electron chi connectivity index (χ0n) is 11.7. The van der Waals surface area contributed by atoms with Crippen LogP contribution in [0.5, 0.6) is 5.75 Å². The van der Waals surface area contributed by atoms with Crippen molar-refractivity contribution in [3.05, 3.63) is 23.8 Å². The number of hydrogen-bond acceptors (Lipinski definition) is 3. The zero-order valence-corrected chi connectivity index (χ0v) is 13.4. The highest BCUT2D eigenvalue weighted by atomic mass is 35.5. The van der Waals surface area contributed by atoms with Crippen LogP contribution in [0.2, 0.25) is 0 Å². The summed E-state index contributed by atoms with van der Waals surface area (Å²) in [6.45, 7) is 5.67. The summed E-state index contributed by atoms with van der Waals surface area (Å²) in [6.07, 6.45) is 1.14. The van der Waals surface area contributed by atoms with Crippen molar-refractivity contribution >= 4 is 30.5 Å². The van der Waals surface area contributed by atoms with E-state index in [1.54, 1.807) is 0 Å². The van der Waals surface area contributed by atoms with Gasteiger partial charge in [-0.2, -0.15) is 0 Å². The van der Waals surface area contributed by atoms with Crippen LogP contribution in [-0.4, -0.2) is 44.7 Å². The van der Waals surface area contributed by atoms with Crippen molar-refractivity contribution in [2.75, 3.05) is 44.7 Å². The summed E-state index contributed by atoms with van der Waals surface area (Å²) < 4.78 is 5.92. The SMILES string of the molecule is CN1C[C@H]2CN3CCCOc4cccc(c43)[C@H]2C1.Cl.Cl. The molecule has 4 rings (SSSR count). The molecule has 1 aromatic carbocycles. The number of benzene rings is 1. The highest BCUT2D eigenvalue weighted by Crippen LogP contribution is 2.47. The minimum absolute atomic E-state index is 0. The molecule has 0 bridgehead atoms. The fourth-order valence-corrected chi connectivity index (χ4v) is 3.93. The lowest BCUT2D eigenvalue weighted by Crippen LogP contribution is -2.37. The van der Waals surface area contributed by atoms with Crippen LogP contribution in [0.3, 0.4) is 0 Å². The molecule has 0 amide bonds. The molecule has 0 saturated carbocycles. The average Bonchev–Trinajstić information content (AvgIpc) is 2.61. The second kappa shape index (κ2) is 6.00. The third kappa shape index (κ3) is 2.36. The second-order valence-electron chi connectivity index (χ2n) is 5.93. The molecular formula is C15H22Cl2N2O. The van der Waals surface area contributed by atoms with E-state index in [4.69, 9.17) is 4.74 Å². The molecular weight excluding hydrogens is 295 g/mol. The van der Waals surface area contributed by atoms with Crippen LogP contribution in [0.1, 0.15) is 17.9 Å². The molecule has 3 aliphatic heterocycles. The first-order valence-corrected chi connectivity index (χ1v) is 7.02. The molecule has 3 heterocycles. The van der Waals surface area contributed by atoms with Gasteiger partial charge in [-0.25, -0.2) is 0 Å². The number of likely N-dealkylation sites (N-methyl/N-ethyl adjacent to an activating group) is 1. The van der Waals surface area contributed by atoms with E-state index in [0.29, 0.717) is 5.92 Å². The Hall–Kier alpha value is -0.640. The van der Waals surface area contributed by atoms with Crippen LogP contribution in [0.25, 0.3) is 0 Å². The summed E-state index contributed by atoms with van der Waals surface area (Å²) in [7, 11) is 2.24. The van der Waals surface area contributed by atoms with E-state index in [1.165, 1.54) is 30.9 Å². The van der Waals surface area contributed by atoms with Crippen molar-refractivity contribution in [2.24, 2.45) is 5.92 Å². The number of hydrogen-bond donors (Lipinski definition) is 0. The second-order valence-corrected chi connectivity index (χ2v) is 5.93. The maximum absolute atomic E-state index is 5.92. The molecule has 1 aromatic rings. The molecule has 1 fully saturated rings. The number of rotatable bonds is 0. The normalized spacial score (nSPS) is 27.4. The predicted octanol–water partition coefficient (Wildman–Crippen LogP) is 2.78. The summed E-state index contributed by atoms with van der Waals surface area (Å²) in [5.41, 5.74) is 2.92. The van der Waals surface area contributed by atoms with Crippen molar-refractivity contribution in [2.45, 2.75) is 12.3 Å². The molecule has 0 spiro atoms. The maximum atomic E-state index is 5.92. The van der Waals surface area contributed by atoms with Crippen LogP contribution in [-0.2, 0) is 0 Å². The topological polar surface area (TPSA) is 15.7 Å². The van der Waals surface area contributed by atoms with E-state index in [2.05, 4.69) is 35.0 Å². The van der Waals surface area contributed by atoms with E-state index in [1.807, 2.05) is 0 Å². The van der Waals surface area contributed by atoms with Crippen LogP contribution in [0, 0.1) is 5.92 Å². The maximum Gasteiger partial charge on any atom is 0.142 e. The Bertz CT molecular complexity index is 483. The summed E-state index contributed by atoms with van der Waals surface area (Å²) in [6, 6.07) is 6.62. The molecule has 0 aromatic heterocycles. The van der Waals surface area contributed by atoms with Gasteiger partial charge in [0.15, 0.2) is 0 Å². The molecule has 0 radical (unpaired) electrons. The Balaban J connectivity index is 0.000000735. The molecule has 0 aliphatic carbocycles. The Morgan fingerprint density at radius 1 is 1.15 bits per heavy atom. The predicted molar refractivity (Wildman–Crippen MR) is 87.0 cm³/mol. The molecule has 20 heavy (non-hydrogen) atoms. The molecule has 2 atom stereocenters. The molecule has 0 unspecified atom stereocenters. The van der Waals surface area contributed by atoms with Crippen molar-refractivity contribution < 1.29 is 4.74 Å². The zero-order chi connectivity index (χ0) is 12.1. The van der Waals surface area contributed by atoms with Gasteiger partial charge in [-0.05, 0) is 31.0 Å². The van der Waals surface area contributed by atoms with Crippen LogP contribution in [0.15, 0.2) is 18.2 Å². The van der Waals surface area contributed by atoms with Gasteiger partial charge in [0, 0.05) is 32.1 Å². The number of anilines is 1. The van der Waals surface area contributed by atoms with Crippen LogP contribution < -0.4 is 9.64 Å². The summed E-state index contributed by atoms with van der Waals surface area (Å²) in [5, 5.41) is 0. The van der Waals surface area contributed by atoms with E-state index in [0.717, 1.165) is 31.2 Å². The Kier molecular flexibility index (Phi) is 4.73. The molecule has 5 heteroatoms. The summed E-state index contributed by atoms with van der Waals surface area (Å²) in [4.78, 5) is 5.04. The number of fused-ring (bicyclic) bond motifs is 2. The number of likely N-dealkylation sites (tertiary alicyclic amines) is 1. The number of para-hydroxylation sites is 1. The van der Waals surface area contributed by atoms with E-state index in [9.17, 15) is 0 Å². The molecule has 0 N–H and O–H groups in total. The van der Waals surface area contributed by atoms with Gasteiger partial charge < -0.3 is 14.5 Å². The number of nitrogens with zero attached hydrogens (tertiary/aromatic N) is 2. The van der Waals surface area contributed by atoms with E-state index >= 15 is 0 Å². The number of ether oxygens (including phenoxy) is 1. The molecule has 3 aliphatic rings. The smallest absolute Gasteiger partial charge is 0.142 e. The first-order valence-electron chi connectivity index (χ1n) is 7.02. The Morgan fingerprint density at radius 3 is 2.85 bits per heavy atom. The fraction of sp³-hybridized carbons (Fsp3) is 0.600. The monoisotopic (exact) mass is 316 g/mol. The lowest BCUT2D eigenvalue weighted by molar-refractivity contribution is 0.322. The number of halogens is 2. The molecule has 1 saturated heterocycles. The van der Waals surface area contributed by atoms with Gasteiger partial charge >= 0.3 is 0 Å². The Morgan fingerprint density at radius 2 is 2.00 bits per heavy atom. The first kappa shape index (κ1) is 15.7. The van der Waals surface area contributed by atoms with Gasteiger partial charge in [-0.15, -0.1) is 24.8 Å². The van der Waals surface area contributed by atoms with Crippen LogP contribution in [0.4, 0.5) is 5.69 Å². The average molecular weight is 317 g/mol. The van der Waals surface area contributed by atoms with Gasteiger partial charge in [0.1, 0.15) is 5.75 Å². The van der Waals surface area contributed by atoms with Crippen molar-refractivity contribution in [3.63, 3.8) is 0 Å². The summed E-state index contributed by atoms with van der Waals surface area (Å²) in [5.74, 6) is 2.62. The minimum Gasteiger partial charge on any atom is -0.491 e. The van der Waals surface area contributed by atoms with Gasteiger partial charge in [0.2, 0.25) is 0 Å². The van der Waals surface area contributed by atoms with Gasteiger partial charge in [-0.3, -0.25) is 0 Å². The third-order valence-corrected chi connectivity index (χ3v) is 4.65. The van der Waals surface area contributed by atoms with Crippen molar-refractivity contribution in [3.8, 4) is 5.75 Å². The minimum atomic E-state index is 0. The lowest BCUT2D eigenvalue weighted by atomic mass is 9.83. The van der Waals surface area contributed by atoms with Gasteiger partial charge in [-0.1, -0.05) is 12.1 Å². The fourth-order valence-electron chi connectivity index (χ4n) is 3.93. The third-order valence-electron chi connectivity index (χ3n) is 4.65. The van der Waals surface area contributed by atoms with Crippen LogP contribution >= 0.6 is 24.8 Å².